The lowest BCUT2D eigenvalue weighted by Crippen LogP contribution is -2.30. The third-order valence-electron chi connectivity index (χ3n) is 5.47. The van der Waals surface area contributed by atoms with Crippen LogP contribution in [0.4, 0.5) is 11.4 Å². The summed E-state index contributed by atoms with van der Waals surface area (Å²) in [5, 5.41) is 17.4. The summed E-state index contributed by atoms with van der Waals surface area (Å²) in [6.45, 7) is 2.25. The number of non-ortho nitro benzene ring substituents is 1. The third kappa shape index (κ3) is 6.10. The van der Waals surface area contributed by atoms with Crippen molar-refractivity contribution in [3.05, 3.63) is 97.4 Å². The molecule has 0 spiro atoms. The number of anilines is 1. The van der Waals surface area contributed by atoms with E-state index in [0.717, 1.165) is 17.7 Å². The first-order valence-corrected chi connectivity index (χ1v) is 12.4. The lowest BCUT2D eigenvalue weighted by molar-refractivity contribution is -0.384. The molecule has 1 fully saturated rings. The number of carbonyl (C=O) groups excluding carboxylic acids is 1. The number of carbonyl (C=O) groups is 1. The second-order valence-electron chi connectivity index (χ2n) is 7.92. The van der Waals surface area contributed by atoms with E-state index in [9.17, 15) is 14.9 Å². The maximum Gasteiger partial charge on any atom is 0.269 e. The van der Waals surface area contributed by atoms with Crippen LogP contribution < -0.4 is 20.1 Å². The minimum absolute atomic E-state index is 0.00686. The summed E-state index contributed by atoms with van der Waals surface area (Å²) in [6, 6.07) is 17.6. The summed E-state index contributed by atoms with van der Waals surface area (Å²) in [5.74, 6) is 0.569. The standard InChI is InChI=1S/C26H24ClN3O5S/c1-3-16-4-8-19(9-5-16)28-26-29-25(31)23(36-26)14-18-12-21(27)24(22(13-18)34-2)35-15-17-6-10-20(11-7-17)30(32)33/h4-14,26,28H,3,15H2,1-2H3,(H,29,31)/b23-14-/t26-/m1/s1. The molecule has 186 valence electrons. The van der Waals surface area contributed by atoms with Crippen molar-refractivity contribution in [1.82, 2.24) is 5.32 Å². The molecule has 0 aromatic heterocycles. The lowest BCUT2D eigenvalue weighted by atomic mass is 10.1. The topological polar surface area (TPSA) is 103 Å². The maximum absolute atomic E-state index is 12.5. The highest BCUT2D eigenvalue weighted by molar-refractivity contribution is 8.05. The summed E-state index contributed by atoms with van der Waals surface area (Å²) in [5.41, 5.74) is 3.31. The van der Waals surface area contributed by atoms with Crippen LogP contribution in [0.5, 0.6) is 11.5 Å². The lowest BCUT2D eigenvalue weighted by Gasteiger charge is -2.14. The highest BCUT2D eigenvalue weighted by Gasteiger charge is 2.27. The quantitative estimate of drug-likeness (QED) is 0.201. The van der Waals surface area contributed by atoms with E-state index >= 15 is 0 Å². The van der Waals surface area contributed by atoms with E-state index in [-0.39, 0.29) is 23.7 Å². The van der Waals surface area contributed by atoms with Crippen LogP contribution >= 0.6 is 23.4 Å². The van der Waals surface area contributed by atoms with Crippen molar-refractivity contribution in [2.24, 2.45) is 0 Å². The van der Waals surface area contributed by atoms with Crippen molar-refractivity contribution in [3.63, 3.8) is 0 Å². The van der Waals surface area contributed by atoms with Gasteiger partial charge in [-0.2, -0.15) is 0 Å². The average molecular weight is 526 g/mol. The number of hydrogen-bond acceptors (Lipinski definition) is 7. The summed E-state index contributed by atoms with van der Waals surface area (Å²) >= 11 is 7.86. The fraction of sp³-hybridized carbons (Fsp3) is 0.192. The molecule has 3 aromatic rings. The molecule has 1 aliphatic rings. The molecule has 4 rings (SSSR count). The van der Waals surface area contributed by atoms with E-state index < -0.39 is 4.92 Å². The molecule has 1 saturated heterocycles. The monoisotopic (exact) mass is 525 g/mol. The minimum Gasteiger partial charge on any atom is -0.493 e. The Morgan fingerprint density at radius 2 is 1.83 bits per heavy atom. The molecule has 36 heavy (non-hydrogen) atoms. The number of aryl methyl sites for hydroxylation is 1. The molecule has 1 aliphatic heterocycles. The molecule has 0 radical (unpaired) electrons. The fourth-order valence-electron chi connectivity index (χ4n) is 3.54. The number of thioether (sulfide) groups is 1. The zero-order valence-corrected chi connectivity index (χ0v) is 21.2. The van der Waals surface area contributed by atoms with Crippen LogP contribution in [0.15, 0.2) is 65.6 Å². The van der Waals surface area contributed by atoms with Crippen LogP contribution in [-0.4, -0.2) is 23.4 Å². The van der Waals surface area contributed by atoms with Crippen LogP contribution in [0, 0.1) is 10.1 Å². The van der Waals surface area contributed by atoms with Crippen LogP contribution in [-0.2, 0) is 17.8 Å². The Balaban J connectivity index is 1.45. The van der Waals surface area contributed by atoms with E-state index in [1.807, 2.05) is 12.1 Å². The number of amides is 1. The Kier molecular flexibility index (Phi) is 8.02. The van der Waals surface area contributed by atoms with Crippen molar-refractivity contribution in [1.29, 1.82) is 0 Å². The highest BCUT2D eigenvalue weighted by Crippen LogP contribution is 2.39. The largest absolute Gasteiger partial charge is 0.493 e. The van der Waals surface area contributed by atoms with Gasteiger partial charge in [0.15, 0.2) is 17.0 Å². The van der Waals surface area contributed by atoms with Gasteiger partial charge in [0.2, 0.25) is 0 Å². The fourth-order valence-corrected chi connectivity index (χ4v) is 4.80. The Morgan fingerprint density at radius 1 is 1.14 bits per heavy atom. The minimum atomic E-state index is -0.456. The first-order chi connectivity index (χ1) is 17.4. The predicted molar refractivity (Wildman–Crippen MR) is 142 cm³/mol. The molecule has 3 aromatic carbocycles. The van der Waals surface area contributed by atoms with Gasteiger partial charge in [0.1, 0.15) is 6.61 Å². The molecule has 0 saturated carbocycles. The Morgan fingerprint density at radius 3 is 2.47 bits per heavy atom. The van der Waals surface area contributed by atoms with E-state index in [0.29, 0.717) is 27.0 Å². The van der Waals surface area contributed by atoms with Gasteiger partial charge in [-0.25, -0.2) is 0 Å². The number of ether oxygens (including phenoxy) is 2. The first-order valence-electron chi connectivity index (χ1n) is 11.1. The van der Waals surface area contributed by atoms with Crippen LogP contribution in [0.3, 0.4) is 0 Å². The van der Waals surface area contributed by atoms with E-state index in [4.69, 9.17) is 21.1 Å². The number of nitro benzene ring substituents is 1. The van der Waals surface area contributed by atoms with Crippen LogP contribution in [0.1, 0.15) is 23.6 Å². The molecule has 0 unspecified atom stereocenters. The Hall–Kier alpha value is -3.69. The normalized spacial score (nSPS) is 16.0. The van der Waals surface area contributed by atoms with Gasteiger partial charge in [0.25, 0.3) is 11.6 Å². The van der Waals surface area contributed by atoms with Gasteiger partial charge in [-0.3, -0.25) is 14.9 Å². The molecule has 8 nitrogen and oxygen atoms in total. The van der Waals surface area contributed by atoms with Crippen molar-refractivity contribution in [3.8, 4) is 11.5 Å². The molecule has 0 aliphatic carbocycles. The van der Waals surface area contributed by atoms with Gasteiger partial charge in [-0.1, -0.05) is 42.4 Å². The second kappa shape index (κ2) is 11.4. The molecule has 10 heteroatoms. The van der Waals surface area contributed by atoms with Gasteiger partial charge in [-0.05, 0) is 65.6 Å². The molecular formula is C26H24ClN3O5S. The maximum atomic E-state index is 12.5. The van der Waals surface area contributed by atoms with Crippen LogP contribution in [0.2, 0.25) is 5.02 Å². The number of nitrogens with one attached hydrogen (secondary N) is 2. The number of benzene rings is 3. The molecule has 2 N–H and O–H groups in total. The number of nitro groups is 1. The molecular weight excluding hydrogens is 502 g/mol. The summed E-state index contributed by atoms with van der Waals surface area (Å²) in [7, 11) is 1.50. The zero-order valence-electron chi connectivity index (χ0n) is 19.6. The van der Waals surface area contributed by atoms with Gasteiger partial charge < -0.3 is 20.1 Å². The number of halogens is 1. The molecule has 1 atom stereocenters. The third-order valence-corrected chi connectivity index (χ3v) is 6.78. The average Bonchev–Trinajstić information content (AvgIpc) is 3.21. The zero-order chi connectivity index (χ0) is 25.7. The number of rotatable bonds is 9. The van der Waals surface area contributed by atoms with Gasteiger partial charge in [-0.15, -0.1) is 0 Å². The van der Waals surface area contributed by atoms with Gasteiger partial charge in [0, 0.05) is 17.8 Å². The second-order valence-corrected chi connectivity index (χ2v) is 9.48. The SMILES string of the molecule is CCc1ccc(N[C@@H]2NC(=O)/C(=C/c3cc(Cl)c(OCc4ccc([N+](=O)[O-])cc4)c(OC)c3)S2)cc1. The highest BCUT2D eigenvalue weighted by atomic mass is 35.5. The van der Waals surface area contributed by atoms with Crippen molar-refractivity contribution in [2.75, 3.05) is 12.4 Å². The summed E-state index contributed by atoms with van der Waals surface area (Å²) < 4.78 is 11.3. The van der Waals surface area contributed by atoms with Crippen molar-refractivity contribution >= 4 is 46.7 Å². The Bertz CT molecular complexity index is 1300. The van der Waals surface area contributed by atoms with Crippen LogP contribution in [0.25, 0.3) is 6.08 Å². The number of hydrogen-bond donors (Lipinski definition) is 2. The van der Waals surface area contributed by atoms with E-state index in [2.05, 4.69) is 29.7 Å². The van der Waals surface area contributed by atoms with Gasteiger partial charge in [0.05, 0.1) is 22.0 Å². The predicted octanol–water partition coefficient (Wildman–Crippen LogP) is 6.00. The molecule has 1 amide bonds. The first kappa shape index (κ1) is 25.4. The number of nitrogens with zero attached hydrogens (tertiary/aromatic N) is 1. The molecule has 1 heterocycles. The summed E-state index contributed by atoms with van der Waals surface area (Å²) in [6.07, 6.45) is 2.71. The Labute approximate surface area is 217 Å². The van der Waals surface area contributed by atoms with E-state index in [1.54, 1.807) is 30.3 Å². The summed E-state index contributed by atoms with van der Waals surface area (Å²) in [4.78, 5) is 23.4. The van der Waals surface area contributed by atoms with Gasteiger partial charge >= 0.3 is 0 Å². The van der Waals surface area contributed by atoms with E-state index in [1.165, 1.54) is 36.6 Å². The smallest absolute Gasteiger partial charge is 0.269 e. The van der Waals surface area contributed by atoms with Crippen molar-refractivity contribution in [2.45, 2.75) is 25.4 Å². The molecule has 0 bridgehead atoms. The van der Waals surface area contributed by atoms with Crippen molar-refractivity contribution < 1.29 is 19.2 Å². The number of methoxy groups -OCH3 is 1.